The Hall–Kier alpha value is -2.46. The molecule has 1 amide bonds. The first-order valence-corrected chi connectivity index (χ1v) is 9.89. The molecule has 174 valence electrons. The number of fused-ring (bicyclic) bond motifs is 1. The van der Waals surface area contributed by atoms with Crippen LogP contribution in [0.1, 0.15) is 41.6 Å². The Morgan fingerprint density at radius 2 is 1.75 bits per heavy atom. The molecule has 0 aliphatic heterocycles. The van der Waals surface area contributed by atoms with E-state index in [0.717, 1.165) is 11.1 Å². The number of carbonyl (C=O) groups is 1. The van der Waals surface area contributed by atoms with Crippen LogP contribution < -0.4 is 10.6 Å². The van der Waals surface area contributed by atoms with Gasteiger partial charge in [0.2, 0.25) is 11.5 Å². The van der Waals surface area contributed by atoms with Crippen molar-refractivity contribution in [3.63, 3.8) is 0 Å². The molecule has 0 spiro atoms. The fourth-order valence-corrected chi connectivity index (χ4v) is 3.95. The first kappa shape index (κ1) is 24.2. The van der Waals surface area contributed by atoms with Crippen molar-refractivity contribution in [3.8, 4) is 0 Å². The molecule has 11 heteroatoms. The molecule has 0 unspecified atom stereocenters. The highest BCUT2D eigenvalue weighted by Crippen LogP contribution is 2.42. The van der Waals surface area contributed by atoms with E-state index in [1.165, 1.54) is 13.0 Å². The van der Waals surface area contributed by atoms with Gasteiger partial charge >= 0.3 is 12.4 Å². The first-order valence-electron chi connectivity index (χ1n) is 9.52. The van der Waals surface area contributed by atoms with E-state index in [1.807, 2.05) is 0 Å². The average Bonchev–Trinajstić information content (AvgIpc) is 3.05. The van der Waals surface area contributed by atoms with Crippen LogP contribution in [0.5, 0.6) is 0 Å². The molecule has 0 saturated heterocycles. The van der Waals surface area contributed by atoms with Gasteiger partial charge in [-0.15, -0.1) is 0 Å². The minimum Gasteiger partial charge on any atom is -0.381 e. The van der Waals surface area contributed by atoms with E-state index in [1.54, 1.807) is 12.1 Å². The molecular weight excluding hydrogens is 462 g/mol. The Kier molecular flexibility index (Phi) is 6.41. The molecule has 0 saturated carbocycles. The van der Waals surface area contributed by atoms with Crippen molar-refractivity contribution in [3.05, 3.63) is 63.7 Å². The first-order chi connectivity index (χ1) is 14.7. The number of aryl methyl sites for hydroxylation is 1. The average molecular weight is 481 g/mol. The third kappa shape index (κ3) is 4.96. The number of anilines is 1. The SMILES string of the molecule is CC(=O)N[C@H]1CCc2cc(NC[C@@](O)(c3cc(Cl)cc(C(F)(F)F)c3)C(F)(F)F)ccc21. The van der Waals surface area contributed by atoms with E-state index in [0.29, 0.717) is 25.0 Å². The van der Waals surface area contributed by atoms with E-state index in [-0.39, 0.29) is 23.7 Å². The van der Waals surface area contributed by atoms with E-state index >= 15 is 0 Å². The molecule has 0 heterocycles. The smallest absolute Gasteiger partial charge is 0.381 e. The summed E-state index contributed by atoms with van der Waals surface area (Å²) < 4.78 is 80.5. The molecule has 2 atom stereocenters. The number of carbonyl (C=O) groups excluding carboxylic acids is 1. The summed E-state index contributed by atoms with van der Waals surface area (Å²) in [5, 5.41) is 15.1. The fraction of sp³-hybridized carbons (Fsp3) is 0.381. The van der Waals surface area contributed by atoms with Crippen LogP contribution in [-0.4, -0.2) is 23.7 Å². The largest absolute Gasteiger partial charge is 0.423 e. The van der Waals surface area contributed by atoms with Gasteiger partial charge in [0.25, 0.3) is 0 Å². The summed E-state index contributed by atoms with van der Waals surface area (Å²) >= 11 is 5.61. The fourth-order valence-electron chi connectivity index (χ4n) is 3.71. The van der Waals surface area contributed by atoms with Gasteiger partial charge in [-0.3, -0.25) is 4.79 Å². The van der Waals surface area contributed by atoms with Crippen LogP contribution in [0.2, 0.25) is 5.02 Å². The summed E-state index contributed by atoms with van der Waals surface area (Å²) in [5.74, 6) is -0.208. The minimum atomic E-state index is -5.29. The van der Waals surface area contributed by atoms with E-state index in [4.69, 9.17) is 11.6 Å². The van der Waals surface area contributed by atoms with Gasteiger partial charge in [-0.25, -0.2) is 0 Å². The van der Waals surface area contributed by atoms with Crippen LogP contribution in [0.15, 0.2) is 36.4 Å². The van der Waals surface area contributed by atoms with Crippen LogP contribution in [0.25, 0.3) is 0 Å². The molecule has 0 aromatic heterocycles. The molecule has 1 aliphatic rings. The molecule has 32 heavy (non-hydrogen) atoms. The van der Waals surface area contributed by atoms with Crippen molar-refractivity contribution in [2.75, 3.05) is 11.9 Å². The Bertz CT molecular complexity index is 1020. The molecule has 3 rings (SSSR count). The Balaban J connectivity index is 1.89. The zero-order valence-electron chi connectivity index (χ0n) is 16.7. The van der Waals surface area contributed by atoms with Crippen molar-refractivity contribution in [2.45, 2.75) is 43.8 Å². The lowest BCUT2D eigenvalue weighted by Gasteiger charge is -2.32. The third-order valence-electron chi connectivity index (χ3n) is 5.32. The Morgan fingerprint density at radius 3 is 2.34 bits per heavy atom. The number of rotatable bonds is 5. The summed E-state index contributed by atoms with van der Waals surface area (Å²) in [6.07, 6.45) is -9.01. The van der Waals surface area contributed by atoms with Crippen molar-refractivity contribution < 1.29 is 36.2 Å². The molecular formula is C21H19ClF6N2O2. The standard InChI is InChI=1S/C21H19ClF6N2O2/c1-11(31)30-18-5-2-12-6-16(3-4-17(12)18)29-10-19(32,21(26,27)28)13-7-14(20(23,24)25)9-15(22)8-13/h3-4,6-9,18,29,32H,2,5,10H2,1H3,(H,30,31)/t18-,19+/m0/s1. The maximum atomic E-state index is 13.8. The lowest BCUT2D eigenvalue weighted by Crippen LogP contribution is -2.48. The Morgan fingerprint density at radius 1 is 1.09 bits per heavy atom. The molecule has 4 nitrogen and oxygen atoms in total. The number of amides is 1. The van der Waals surface area contributed by atoms with Crippen LogP contribution >= 0.6 is 11.6 Å². The molecule has 3 N–H and O–H groups in total. The maximum Gasteiger partial charge on any atom is 0.423 e. The van der Waals surface area contributed by atoms with Gasteiger partial charge in [0.1, 0.15) is 0 Å². The monoisotopic (exact) mass is 480 g/mol. The van der Waals surface area contributed by atoms with Gasteiger partial charge in [-0.2, -0.15) is 26.3 Å². The van der Waals surface area contributed by atoms with Gasteiger partial charge in [0.05, 0.1) is 18.2 Å². The molecule has 2 aromatic carbocycles. The molecule has 1 aliphatic carbocycles. The summed E-state index contributed by atoms with van der Waals surface area (Å²) in [6, 6.07) is 5.91. The second kappa shape index (κ2) is 8.47. The second-order valence-electron chi connectivity index (χ2n) is 7.64. The molecule has 0 bridgehead atoms. The lowest BCUT2D eigenvalue weighted by molar-refractivity contribution is -0.260. The zero-order valence-corrected chi connectivity index (χ0v) is 17.4. The number of aliphatic hydroxyl groups is 1. The molecule has 0 fully saturated rings. The quantitative estimate of drug-likeness (QED) is 0.506. The van der Waals surface area contributed by atoms with Crippen molar-refractivity contribution in [2.24, 2.45) is 0 Å². The number of benzene rings is 2. The summed E-state index contributed by atoms with van der Waals surface area (Å²) in [6.45, 7) is 0.244. The maximum absolute atomic E-state index is 13.8. The minimum absolute atomic E-state index is 0.198. The number of alkyl halides is 6. The second-order valence-corrected chi connectivity index (χ2v) is 8.08. The Labute approximate surface area is 184 Å². The van der Waals surface area contributed by atoms with Crippen LogP contribution in [0.3, 0.4) is 0 Å². The highest BCUT2D eigenvalue weighted by molar-refractivity contribution is 6.30. The van der Waals surface area contributed by atoms with Crippen LogP contribution in [0, 0.1) is 0 Å². The van der Waals surface area contributed by atoms with Crippen molar-refractivity contribution in [1.82, 2.24) is 5.32 Å². The summed E-state index contributed by atoms with van der Waals surface area (Å²) in [4.78, 5) is 11.3. The van der Waals surface area contributed by atoms with Gasteiger partial charge in [0.15, 0.2) is 0 Å². The van der Waals surface area contributed by atoms with Gasteiger partial charge < -0.3 is 15.7 Å². The highest BCUT2D eigenvalue weighted by atomic mass is 35.5. The lowest BCUT2D eigenvalue weighted by atomic mass is 9.91. The van der Waals surface area contributed by atoms with Gasteiger partial charge in [-0.1, -0.05) is 17.7 Å². The topological polar surface area (TPSA) is 61.4 Å². The molecule has 0 radical (unpaired) electrons. The summed E-state index contributed by atoms with van der Waals surface area (Å²) in [7, 11) is 0. The third-order valence-corrected chi connectivity index (χ3v) is 5.54. The zero-order chi connectivity index (χ0) is 23.9. The normalized spacial score (nSPS) is 18.1. The highest BCUT2D eigenvalue weighted by Gasteiger charge is 2.55. The molecule has 2 aromatic rings. The van der Waals surface area contributed by atoms with E-state index < -0.39 is 40.6 Å². The van der Waals surface area contributed by atoms with Crippen molar-refractivity contribution in [1.29, 1.82) is 0 Å². The predicted octanol–water partition coefficient (Wildman–Crippen LogP) is 5.34. The van der Waals surface area contributed by atoms with Crippen LogP contribution in [0.4, 0.5) is 32.0 Å². The van der Waals surface area contributed by atoms with E-state index in [9.17, 15) is 36.2 Å². The number of hydrogen-bond donors (Lipinski definition) is 3. The van der Waals surface area contributed by atoms with Gasteiger partial charge in [0, 0.05) is 17.6 Å². The van der Waals surface area contributed by atoms with Gasteiger partial charge in [-0.05, 0) is 59.9 Å². The summed E-state index contributed by atoms with van der Waals surface area (Å²) in [5.41, 5.74) is -4.16. The number of nitrogens with one attached hydrogen (secondary N) is 2. The van der Waals surface area contributed by atoms with Crippen LogP contribution in [-0.2, 0) is 23.0 Å². The number of halogens is 7. The van der Waals surface area contributed by atoms with Crippen molar-refractivity contribution >= 4 is 23.2 Å². The predicted molar refractivity (Wildman–Crippen MR) is 106 cm³/mol. The van der Waals surface area contributed by atoms with E-state index in [2.05, 4.69) is 10.6 Å². The number of hydrogen-bond acceptors (Lipinski definition) is 3.